The van der Waals surface area contributed by atoms with Gasteiger partial charge in [-0.25, -0.2) is 4.39 Å². The van der Waals surface area contributed by atoms with Gasteiger partial charge in [0.15, 0.2) is 5.69 Å². The number of rotatable bonds is 4. The van der Waals surface area contributed by atoms with Crippen LogP contribution in [0.1, 0.15) is 41.5 Å². The second-order valence-electron chi connectivity index (χ2n) is 5.35. The Morgan fingerprint density at radius 3 is 2.76 bits per heavy atom. The van der Waals surface area contributed by atoms with E-state index in [1.165, 1.54) is 17.0 Å². The van der Waals surface area contributed by atoms with Crippen LogP contribution in [0.15, 0.2) is 24.3 Å². The van der Waals surface area contributed by atoms with E-state index in [-0.39, 0.29) is 23.3 Å². The Bertz CT molecular complexity index is 651. The summed E-state index contributed by atoms with van der Waals surface area (Å²) < 4.78 is 13.2. The van der Waals surface area contributed by atoms with Gasteiger partial charge in [-0.15, -0.1) is 0 Å². The lowest BCUT2D eigenvalue weighted by atomic mass is 10.1. The summed E-state index contributed by atoms with van der Waals surface area (Å²) in [6.07, 6.45) is 0. The molecule has 0 aliphatic rings. The van der Waals surface area contributed by atoms with E-state index in [0.29, 0.717) is 17.8 Å². The van der Waals surface area contributed by atoms with Gasteiger partial charge >= 0.3 is 0 Å². The third-order valence-electron chi connectivity index (χ3n) is 3.27. The highest BCUT2D eigenvalue weighted by Crippen LogP contribution is 2.23. The van der Waals surface area contributed by atoms with E-state index in [4.69, 9.17) is 5.73 Å². The number of aromatic amines is 1. The van der Waals surface area contributed by atoms with Crippen molar-refractivity contribution >= 4 is 11.6 Å². The molecule has 1 amide bonds. The molecule has 1 heterocycles. The van der Waals surface area contributed by atoms with Gasteiger partial charge in [0.1, 0.15) is 5.82 Å². The average Bonchev–Trinajstić information content (AvgIpc) is 2.79. The number of amides is 1. The first kappa shape index (κ1) is 15.0. The van der Waals surface area contributed by atoms with E-state index in [2.05, 4.69) is 10.2 Å². The topological polar surface area (TPSA) is 75.0 Å². The van der Waals surface area contributed by atoms with Gasteiger partial charge in [-0.1, -0.05) is 26.0 Å². The van der Waals surface area contributed by atoms with Crippen molar-refractivity contribution in [2.45, 2.75) is 26.3 Å². The fourth-order valence-corrected chi connectivity index (χ4v) is 2.13. The molecule has 3 N–H and O–H groups in total. The molecular formula is C15H19FN4O. The molecule has 2 aromatic rings. The zero-order valence-electron chi connectivity index (χ0n) is 12.4. The van der Waals surface area contributed by atoms with Gasteiger partial charge < -0.3 is 10.6 Å². The third kappa shape index (κ3) is 3.21. The minimum absolute atomic E-state index is 0.160. The summed E-state index contributed by atoms with van der Waals surface area (Å²) in [5.74, 6) is -0.456. The van der Waals surface area contributed by atoms with Gasteiger partial charge in [0.25, 0.3) is 5.91 Å². The summed E-state index contributed by atoms with van der Waals surface area (Å²) in [6, 6.07) is 6.15. The molecule has 112 valence electrons. The number of nitrogens with zero attached hydrogens (tertiary/aromatic N) is 2. The summed E-state index contributed by atoms with van der Waals surface area (Å²) >= 11 is 0. The number of anilines is 1. The number of carbonyl (C=O) groups is 1. The van der Waals surface area contributed by atoms with E-state index < -0.39 is 0 Å². The molecule has 0 unspecified atom stereocenters. The number of nitrogens with one attached hydrogen (secondary N) is 1. The highest BCUT2D eigenvalue weighted by atomic mass is 19.1. The number of hydrogen-bond acceptors (Lipinski definition) is 3. The van der Waals surface area contributed by atoms with Gasteiger partial charge in [-0.05, 0) is 23.6 Å². The Labute approximate surface area is 123 Å². The van der Waals surface area contributed by atoms with Crippen molar-refractivity contribution in [3.8, 4) is 0 Å². The lowest BCUT2D eigenvalue weighted by molar-refractivity contribution is 0.0780. The molecule has 1 aromatic carbocycles. The molecule has 0 aliphatic carbocycles. The number of aromatic nitrogens is 2. The Kier molecular flexibility index (Phi) is 4.26. The molecule has 0 atom stereocenters. The van der Waals surface area contributed by atoms with Gasteiger partial charge in [-0.3, -0.25) is 9.89 Å². The van der Waals surface area contributed by atoms with Crippen molar-refractivity contribution in [2.75, 3.05) is 12.8 Å². The highest BCUT2D eigenvalue weighted by molar-refractivity contribution is 5.97. The van der Waals surface area contributed by atoms with Crippen LogP contribution in [0.25, 0.3) is 0 Å². The van der Waals surface area contributed by atoms with Crippen molar-refractivity contribution < 1.29 is 9.18 Å². The number of halogens is 1. The number of H-pyrrole nitrogens is 1. The monoisotopic (exact) mass is 290 g/mol. The number of benzene rings is 1. The van der Waals surface area contributed by atoms with Crippen molar-refractivity contribution in [1.29, 1.82) is 0 Å². The fourth-order valence-electron chi connectivity index (χ4n) is 2.13. The van der Waals surface area contributed by atoms with Crippen LogP contribution in [0.3, 0.4) is 0 Å². The quantitative estimate of drug-likeness (QED) is 0.908. The molecule has 6 heteroatoms. The predicted molar refractivity (Wildman–Crippen MR) is 79.3 cm³/mol. The van der Waals surface area contributed by atoms with Crippen molar-refractivity contribution in [3.05, 3.63) is 47.0 Å². The molecule has 2 rings (SSSR count). The number of hydrogen-bond donors (Lipinski definition) is 2. The van der Waals surface area contributed by atoms with Crippen LogP contribution in [-0.4, -0.2) is 28.1 Å². The zero-order chi connectivity index (χ0) is 15.6. The molecule has 1 aromatic heterocycles. The summed E-state index contributed by atoms with van der Waals surface area (Å²) in [6.45, 7) is 4.23. The Hall–Kier alpha value is -2.37. The van der Waals surface area contributed by atoms with Gasteiger partial charge in [-0.2, -0.15) is 5.10 Å². The highest BCUT2D eigenvalue weighted by Gasteiger charge is 2.21. The first-order valence-corrected chi connectivity index (χ1v) is 6.73. The van der Waals surface area contributed by atoms with Gasteiger partial charge in [0.05, 0.1) is 11.4 Å². The molecule has 0 aliphatic heterocycles. The van der Waals surface area contributed by atoms with E-state index in [0.717, 1.165) is 5.69 Å². The lowest BCUT2D eigenvalue weighted by Crippen LogP contribution is -2.27. The third-order valence-corrected chi connectivity index (χ3v) is 3.27. The molecule has 0 fully saturated rings. The molecule has 5 nitrogen and oxygen atoms in total. The summed E-state index contributed by atoms with van der Waals surface area (Å²) in [5.41, 5.74) is 8.00. The van der Waals surface area contributed by atoms with Crippen molar-refractivity contribution in [3.63, 3.8) is 0 Å². The minimum atomic E-state index is -0.324. The number of nitrogen functional groups attached to an aromatic ring is 1. The first-order chi connectivity index (χ1) is 9.90. The maximum absolute atomic E-state index is 13.2. The second kappa shape index (κ2) is 5.95. The maximum atomic E-state index is 13.2. The fraction of sp³-hybridized carbons (Fsp3) is 0.333. The Morgan fingerprint density at radius 2 is 2.19 bits per heavy atom. The van der Waals surface area contributed by atoms with Crippen LogP contribution in [0.2, 0.25) is 0 Å². The standard InChI is InChI=1S/C15H19FN4O/c1-9(2)13-12(17)14(19-18-13)15(21)20(3)8-10-5-4-6-11(16)7-10/h4-7,9H,8,17H2,1-3H3,(H,18,19). The van der Waals surface area contributed by atoms with E-state index in [9.17, 15) is 9.18 Å². The minimum Gasteiger partial charge on any atom is -0.395 e. The Morgan fingerprint density at radius 1 is 1.48 bits per heavy atom. The normalized spacial score (nSPS) is 10.9. The molecule has 0 saturated heterocycles. The largest absolute Gasteiger partial charge is 0.395 e. The molecule has 21 heavy (non-hydrogen) atoms. The Balaban J connectivity index is 2.16. The summed E-state index contributed by atoms with van der Waals surface area (Å²) in [4.78, 5) is 13.8. The van der Waals surface area contributed by atoms with Crippen molar-refractivity contribution in [1.82, 2.24) is 15.1 Å². The maximum Gasteiger partial charge on any atom is 0.276 e. The smallest absolute Gasteiger partial charge is 0.276 e. The van der Waals surface area contributed by atoms with Crippen molar-refractivity contribution in [2.24, 2.45) is 0 Å². The van der Waals surface area contributed by atoms with Crippen LogP contribution < -0.4 is 5.73 Å². The van der Waals surface area contributed by atoms with Crippen LogP contribution >= 0.6 is 0 Å². The van der Waals surface area contributed by atoms with Crippen LogP contribution in [0.4, 0.5) is 10.1 Å². The molecular weight excluding hydrogens is 271 g/mol. The van der Waals surface area contributed by atoms with E-state index >= 15 is 0 Å². The molecule has 0 bridgehead atoms. The predicted octanol–water partition coefficient (Wildman–Crippen LogP) is 2.53. The summed E-state index contributed by atoms with van der Waals surface area (Å²) in [7, 11) is 1.64. The van der Waals surface area contributed by atoms with Gasteiger partial charge in [0.2, 0.25) is 0 Å². The number of carbonyl (C=O) groups excluding carboxylic acids is 1. The van der Waals surface area contributed by atoms with Crippen LogP contribution in [0.5, 0.6) is 0 Å². The lowest BCUT2D eigenvalue weighted by Gasteiger charge is -2.16. The van der Waals surface area contributed by atoms with E-state index in [1.54, 1.807) is 19.2 Å². The molecule has 0 spiro atoms. The molecule has 0 saturated carbocycles. The van der Waals surface area contributed by atoms with E-state index in [1.807, 2.05) is 13.8 Å². The summed E-state index contributed by atoms with van der Waals surface area (Å²) in [5, 5.41) is 6.80. The molecule has 0 radical (unpaired) electrons. The number of nitrogens with two attached hydrogens (primary N) is 1. The first-order valence-electron chi connectivity index (χ1n) is 6.73. The SMILES string of the molecule is CC(C)c1[nH]nc(C(=O)N(C)Cc2cccc(F)c2)c1N. The van der Waals surface area contributed by atoms with Gasteiger partial charge in [0, 0.05) is 13.6 Å². The van der Waals surface area contributed by atoms with Crippen LogP contribution in [0, 0.1) is 5.82 Å². The van der Waals surface area contributed by atoms with Crippen LogP contribution in [-0.2, 0) is 6.54 Å². The average molecular weight is 290 g/mol. The zero-order valence-corrected chi connectivity index (χ0v) is 12.4. The second-order valence-corrected chi connectivity index (χ2v) is 5.35.